The molecule has 2 aliphatic rings. The third kappa shape index (κ3) is 10.2. The molecule has 0 spiro atoms. The number of anilines is 1. The number of benzene rings is 1. The van der Waals surface area contributed by atoms with Crippen LogP contribution >= 0.6 is 0 Å². The highest BCUT2D eigenvalue weighted by molar-refractivity contribution is 6.02. The van der Waals surface area contributed by atoms with Crippen LogP contribution in [-0.2, 0) is 24.0 Å². The summed E-state index contributed by atoms with van der Waals surface area (Å²) in [5.41, 5.74) is 11.4. The number of aliphatic carboxylic acids is 1. The fourth-order valence-electron chi connectivity index (χ4n) is 4.89. The summed E-state index contributed by atoms with van der Waals surface area (Å²) in [7, 11) is 0. The van der Waals surface area contributed by atoms with E-state index in [1.165, 1.54) is 12.1 Å². The van der Waals surface area contributed by atoms with Crippen molar-refractivity contribution >= 4 is 41.2 Å². The summed E-state index contributed by atoms with van der Waals surface area (Å²) in [4.78, 5) is 76.3. The van der Waals surface area contributed by atoms with E-state index >= 15 is 0 Å². The Kier molecular flexibility index (Phi) is 12.7. The number of fused-ring (bicyclic) bond motifs is 1. The number of carbonyl (C=O) groups excluding carboxylic acids is 5. The Hall–Kier alpha value is -4.24. The summed E-state index contributed by atoms with van der Waals surface area (Å²) in [5.74, 6) is -4.51. The summed E-state index contributed by atoms with van der Waals surface area (Å²) in [5, 5.41) is 23.0. The van der Waals surface area contributed by atoms with Crippen molar-refractivity contribution < 1.29 is 38.6 Å². The van der Waals surface area contributed by atoms with Crippen LogP contribution in [-0.4, -0.2) is 85.0 Å². The minimum absolute atomic E-state index is 0.0209. The number of carbonyl (C=O) groups is 6. The van der Waals surface area contributed by atoms with E-state index in [9.17, 15) is 33.9 Å². The number of rotatable bonds is 10. The standard InChI is InChI=1S/C28H41N7O8/c29-11-2-1-3-20-27(41)33-19(24(30)38)10-14-43-22-6-4-17(32-25(39)16-8-12-31-13-9-16)15-18(22)26(40)34-21(28(42)35-20)5-7-23(36)37/h4,6,15-16,19-21,31H,1-3,5,7-14,29H2,(H2,30,38)(H,32,39)(H,33,41)(H,34,40)(H,35,42)(H,36,37)/t19-,20?,21-/m0/s1. The molecule has 236 valence electrons. The SMILES string of the molecule is NCCCCC1NC(=O)[C@H](CCC(=O)O)NC(=O)c2cc(NC(=O)C3CCNCC3)ccc2OCC[C@@H](C(N)=O)NC1=O. The molecule has 0 saturated carbocycles. The average molecular weight is 604 g/mol. The molecule has 1 aromatic rings. The predicted molar refractivity (Wildman–Crippen MR) is 155 cm³/mol. The van der Waals surface area contributed by atoms with E-state index in [-0.39, 0.29) is 49.0 Å². The van der Waals surface area contributed by atoms with Gasteiger partial charge >= 0.3 is 5.97 Å². The van der Waals surface area contributed by atoms with E-state index < -0.39 is 54.1 Å². The molecule has 0 bridgehead atoms. The second kappa shape index (κ2) is 16.4. The van der Waals surface area contributed by atoms with Crippen LogP contribution in [0.5, 0.6) is 5.75 Å². The second-order valence-corrected chi connectivity index (χ2v) is 10.6. The highest BCUT2D eigenvalue weighted by Crippen LogP contribution is 2.25. The zero-order chi connectivity index (χ0) is 31.4. The van der Waals surface area contributed by atoms with Crippen LogP contribution in [0.1, 0.15) is 61.7 Å². The first-order chi connectivity index (χ1) is 20.6. The highest BCUT2D eigenvalue weighted by Gasteiger charge is 2.31. The minimum Gasteiger partial charge on any atom is -0.493 e. The third-order valence-corrected chi connectivity index (χ3v) is 7.37. The van der Waals surface area contributed by atoms with Gasteiger partial charge in [-0.25, -0.2) is 0 Å². The number of carboxylic acid groups (broad SMARTS) is 1. The molecule has 1 fully saturated rings. The van der Waals surface area contributed by atoms with Gasteiger partial charge in [0.1, 0.15) is 23.9 Å². The maximum atomic E-state index is 13.5. The summed E-state index contributed by atoms with van der Waals surface area (Å²) in [6.07, 6.45) is 1.83. The first-order valence-corrected chi connectivity index (χ1v) is 14.5. The highest BCUT2D eigenvalue weighted by atomic mass is 16.5. The summed E-state index contributed by atoms with van der Waals surface area (Å²) >= 11 is 0. The van der Waals surface area contributed by atoms with Crippen LogP contribution in [0, 0.1) is 5.92 Å². The topological polar surface area (TPSA) is 244 Å². The predicted octanol–water partition coefficient (Wildman–Crippen LogP) is -1.05. The smallest absolute Gasteiger partial charge is 0.303 e. The van der Waals surface area contributed by atoms with Crippen molar-refractivity contribution in [1.82, 2.24) is 21.3 Å². The molecule has 0 aliphatic carbocycles. The molecule has 1 unspecified atom stereocenters. The van der Waals surface area contributed by atoms with Crippen LogP contribution in [0.25, 0.3) is 0 Å². The average Bonchev–Trinajstić information content (AvgIpc) is 2.98. The Morgan fingerprint density at radius 1 is 0.953 bits per heavy atom. The Morgan fingerprint density at radius 3 is 2.33 bits per heavy atom. The molecular formula is C28H41N7O8. The molecule has 1 saturated heterocycles. The molecule has 10 N–H and O–H groups in total. The Labute approximate surface area is 249 Å². The zero-order valence-electron chi connectivity index (χ0n) is 24.0. The van der Waals surface area contributed by atoms with Crippen molar-refractivity contribution in [3.63, 3.8) is 0 Å². The van der Waals surface area contributed by atoms with Crippen LogP contribution in [0.3, 0.4) is 0 Å². The van der Waals surface area contributed by atoms with Gasteiger partial charge in [-0.3, -0.25) is 28.8 Å². The van der Waals surface area contributed by atoms with E-state index in [0.29, 0.717) is 37.9 Å². The lowest BCUT2D eigenvalue weighted by Gasteiger charge is -2.26. The Bertz CT molecular complexity index is 1190. The number of nitrogens with one attached hydrogen (secondary N) is 5. The van der Waals surface area contributed by atoms with Crippen LogP contribution in [0.4, 0.5) is 5.69 Å². The number of ether oxygens (including phenoxy) is 1. The monoisotopic (exact) mass is 603 g/mol. The largest absolute Gasteiger partial charge is 0.493 e. The normalized spacial score (nSPS) is 22.1. The van der Waals surface area contributed by atoms with E-state index in [4.69, 9.17) is 16.2 Å². The van der Waals surface area contributed by atoms with Gasteiger partial charge in [-0.2, -0.15) is 0 Å². The molecule has 2 aliphatic heterocycles. The van der Waals surface area contributed by atoms with E-state index in [1.807, 2.05) is 0 Å². The van der Waals surface area contributed by atoms with Gasteiger partial charge in [0, 0.05) is 24.4 Å². The number of piperidine rings is 1. The number of unbranched alkanes of at least 4 members (excludes halogenated alkanes) is 1. The number of amides is 5. The van der Waals surface area contributed by atoms with Gasteiger partial charge in [-0.05, 0) is 76.4 Å². The van der Waals surface area contributed by atoms with Crippen molar-refractivity contribution in [2.75, 3.05) is 31.6 Å². The quantitative estimate of drug-likeness (QED) is 0.151. The van der Waals surface area contributed by atoms with Crippen molar-refractivity contribution in [3.8, 4) is 5.75 Å². The molecule has 2 heterocycles. The van der Waals surface area contributed by atoms with Gasteiger partial charge in [0.05, 0.1) is 12.2 Å². The second-order valence-electron chi connectivity index (χ2n) is 10.6. The van der Waals surface area contributed by atoms with Crippen LogP contribution in [0.15, 0.2) is 18.2 Å². The van der Waals surface area contributed by atoms with Crippen molar-refractivity contribution in [1.29, 1.82) is 0 Å². The van der Waals surface area contributed by atoms with Gasteiger partial charge in [-0.15, -0.1) is 0 Å². The Balaban J connectivity index is 1.93. The first kappa shape index (κ1) is 33.3. The third-order valence-electron chi connectivity index (χ3n) is 7.37. The lowest BCUT2D eigenvalue weighted by Crippen LogP contribution is -2.56. The van der Waals surface area contributed by atoms with Gasteiger partial charge in [0.15, 0.2) is 0 Å². The molecule has 15 nitrogen and oxygen atoms in total. The summed E-state index contributed by atoms with van der Waals surface area (Å²) in [6.45, 7) is 1.69. The lowest BCUT2D eigenvalue weighted by molar-refractivity contribution is -0.137. The molecule has 5 amide bonds. The molecule has 43 heavy (non-hydrogen) atoms. The number of hydrogen-bond acceptors (Lipinski definition) is 9. The zero-order valence-corrected chi connectivity index (χ0v) is 24.0. The fourth-order valence-corrected chi connectivity index (χ4v) is 4.89. The van der Waals surface area contributed by atoms with E-state index in [0.717, 1.165) is 13.1 Å². The molecule has 1 aromatic carbocycles. The van der Waals surface area contributed by atoms with Crippen LogP contribution in [0.2, 0.25) is 0 Å². The van der Waals surface area contributed by atoms with E-state index in [2.05, 4.69) is 26.6 Å². The summed E-state index contributed by atoms with van der Waals surface area (Å²) in [6, 6.07) is 0.874. The van der Waals surface area contributed by atoms with Crippen molar-refractivity contribution in [2.45, 2.75) is 69.5 Å². The molecule has 0 aromatic heterocycles. The van der Waals surface area contributed by atoms with Crippen molar-refractivity contribution in [3.05, 3.63) is 23.8 Å². The molecule has 3 rings (SSSR count). The number of nitrogens with two attached hydrogens (primary N) is 2. The van der Waals surface area contributed by atoms with Gasteiger partial charge in [0.25, 0.3) is 5.91 Å². The number of hydrogen-bond donors (Lipinski definition) is 8. The maximum Gasteiger partial charge on any atom is 0.303 e. The number of primary amides is 1. The fraction of sp³-hybridized carbons (Fsp3) is 0.571. The lowest BCUT2D eigenvalue weighted by atomic mass is 9.97. The van der Waals surface area contributed by atoms with Gasteiger partial charge in [-0.1, -0.05) is 0 Å². The molecule has 0 radical (unpaired) electrons. The molecule has 15 heteroatoms. The van der Waals surface area contributed by atoms with Gasteiger partial charge in [0.2, 0.25) is 23.6 Å². The first-order valence-electron chi connectivity index (χ1n) is 14.5. The van der Waals surface area contributed by atoms with Crippen molar-refractivity contribution in [2.24, 2.45) is 17.4 Å². The molecule has 3 atom stereocenters. The minimum atomic E-state index is -1.33. The Morgan fingerprint density at radius 2 is 1.65 bits per heavy atom. The van der Waals surface area contributed by atoms with Crippen LogP contribution < -0.4 is 42.8 Å². The maximum absolute atomic E-state index is 13.5. The van der Waals surface area contributed by atoms with E-state index in [1.54, 1.807) is 6.07 Å². The molecular weight excluding hydrogens is 562 g/mol. The van der Waals surface area contributed by atoms with Gasteiger partial charge < -0.3 is 47.9 Å². The summed E-state index contributed by atoms with van der Waals surface area (Å²) < 4.78 is 5.81. The number of carboxylic acids is 1.